The first-order valence-corrected chi connectivity index (χ1v) is 6.75. The molecule has 16 heavy (non-hydrogen) atoms. The number of hydrogen-bond donors (Lipinski definition) is 2. The molecule has 0 bridgehead atoms. The summed E-state index contributed by atoms with van der Waals surface area (Å²) < 4.78 is 0. The summed E-state index contributed by atoms with van der Waals surface area (Å²) in [6.45, 7) is 10.5. The molecule has 0 saturated carbocycles. The molecule has 1 aliphatic heterocycles. The van der Waals surface area contributed by atoms with Crippen molar-refractivity contribution >= 4 is 0 Å². The molecule has 96 valence electrons. The predicted octanol–water partition coefficient (Wildman–Crippen LogP) is 1.61. The maximum absolute atomic E-state index is 9.95. The molecule has 1 fully saturated rings. The third-order valence-corrected chi connectivity index (χ3v) is 3.80. The zero-order valence-corrected chi connectivity index (χ0v) is 11.1. The lowest BCUT2D eigenvalue weighted by atomic mass is 10.0. The minimum absolute atomic E-state index is 0.545. The van der Waals surface area contributed by atoms with Gasteiger partial charge in [0.1, 0.15) is 0 Å². The SMILES string of the molecule is CCN1CCCC(NCC(C)(O)CC)CC1. The standard InChI is InChI=1S/C13H28N2O/c1-4-13(3,16)11-14-12-7-6-9-15(5-2)10-8-12/h12,14,16H,4-11H2,1-3H3. The van der Waals surface area contributed by atoms with Crippen LogP contribution in [0.15, 0.2) is 0 Å². The van der Waals surface area contributed by atoms with Crippen molar-refractivity contribution in [1.82, 2.24) is 10.2 Å². The molecular formula is C13H28N2O. The van der Waals surface area contributed by atoms with Gasteiger partial charge in [-0.1, -0.05) is 13.8 Å². The van der Waals surface area contributed by atoms with E-state index in [1.165, 1.54) is 38.9 Å². The fourth-order valence-electron chi connectivity index (χ4n) is 2.17. The van der Waals surface area contributed by atoms with Gasteiger partial charge in [0.05, 0.1) is 5.60 Å². The molecule has 0 radical (unpaired) electrons. The minimum atomic E-state index is -0.545. The second-order valence-electron chi connectivity index (χ2n) is 5.29. The van der Waals surface area contributed by atoms with E-state index in [2.05, 4.69) is 17.1 Å². The van der Waals surface area contributed by atoms with Crippen molar-refractivity contribution in [3.8, 4) is 0 Å². The topological polar surface area (TPSA) is 35.5 Å². The van der Waals surface area contributed by atoms with Gasteiger partial charge in [-0.05, 0) is 52.2 Å². The van der Waals surface area contributed by atoms with Crippen LogP contribution >= 0.6 is 0 Å². The summed E-state index contributed by atoms with van der Waals surface area (Å²) in [6.07, 6.45) is 4.55. The molecule has 3 nitrogen and oxygen atoms in total. The van der Waals surface area contributed by atoms with Crippen molar-refractivity contribution in [3.05, 3.63) is 0 Å². The predicted molar refractivity (Wildman–Crippen MR) is 68.7 cm³/mol. The van der Waals surface area contributed by atoms with Crippen LogP contribution in [0.1, 0.15) is 46.5 Å². The van der Waals surface area contributed by atoms with Crippen LogP contribution in [0, 0.1) is 0 Å². The first-order chi connectivity index (χ1) is 7.57. The molecule has 2 unspecified atom stereocenters. The monoisotopic (exact) mass is 228 g/mol. The number of hydrogen-bond acceptors (Lipinski definition) is 3. The van der Waals surface area contributed by atoms with Crippen LogP contribution in [0.5, 0.6) is 0 Å². The molecule has 1 rings (SSSR count). The molecule has 2 N–H and O–H groups in total. The van der Waals surface area contributed by atoms with Crippen molar-refractivity contribution in [3.63, 3.8) is 0 Å². The van der Waals surface area contributed by atoms with E-state index in [9.17, 15) is 5.11 Å². The first-order valence-electron chi connectivity index (χ1n) is 6.75. The van der Waals surface area contributed by atoms with Gasteiger partial charge in [0.25, 0.3) is 0 Å². The Morgan fingerprint density at radius 3 is 2.69 bits per heavy atom. The Hall–Kier alpha value is -0.120. The maximum Gasteiger partial charge on any atom is 0.0741 e. The smallest absolute Gasteiger partial charge is 0.0741 e. The molecule has 2 atom stereocenters. The zero-order chi connectivity index (χ0) is 12.0. The van der Waals surface area contributed by atoms with Gasteiger partial charge in [-0.25, -0.2) is 0 Å². The van der Waals surface area contributed by atoms with Crippen molar-refractivity contribution in [2.45, 2.75) is 58.1 Å². The fraction of sp³-hybridized carbons (Fsp3) is 1.00. The molecule has 0 aromatic carbocycles. The van der Waals surface area contributed by atoms with Gasteiger partial charge < -0.3 is 15.3 Å². The average Bonchev–Trinajstić information content (AvgIpc) is 2.51. The largest absolute Gasteiger partial charge is 0.389 e. The van der Waals surface area contributed by atoms with E-state index in [4.69, 9.17) is 0 Å². The van der Waals surface area contributed by atoms with Gasteiger partial charge in [0.15, 0.2) is 0 Å². The number of rotatable bonds is 5. The Morgan fingerprint density at radius 2 is 2.06 bits per heavy atom. The molecule has 0 spiro atoms. The zero-order valence-electron chi connectivity index (χ0n) is 11.1. The van der Waals surface area contributed by atoms with E-state index in [0.717, 1.165) is 13.0 Å². The minimum Gasteiger partial charge on any atom is -0.389 e. The highest BCUT2D eigenvalue weighted by molar-refractivity contribution is 4.79. The molecule has 3 heteroatoms. The lowest BCUT2D eigenvalue weighted by Gasteiger charge is -2.25. The van der Waals surface area contributed by atoms with E-state index >= 15 is 0 Å². The van der Waals surface area contributed by atoms with E-state index in [0.29, 0.717) is 6.04 Å². The highest BCUT2D eigenvalue weighted by Crippen LogP contribution is 2.13. The average molecular weight is 228 g/mol. The lowest BCUT2D eigenvalue weighted by molar-refractivity contribution is 0.0522. The van der Waals surface area contributed by atoms with Crippen molar-refractivity contribution < 1.29 is 5.11 Å². The first kappa shape index (κ1) is 13.9. The van der Waals surface area contributed by atoms with Crippen LogP contribution in [0.3, 0.4) is 0 Å². The van der Waals surface area contributed by atoms with Gasteiger partial charge >= 0.3 is 0 Å². The summed E-state index contributed by atoms with van der Waals surface area (Å²) in [5, 5.41) is 13.5. The van der Waals surface area contributed by atoms with Crippen molar-refractivity contribution in [1.29, 1.82) is 0 Å². The van der Waals surface area contributed by atoms with Crippen molar-refractivity contribution in [2.75, 3.05) is 26.2 Å². The Balaban J connectivity index is 2.27. The summed E-state index contributed by atoms with van der Waals surface area (Å²) >= 11 is 0. The third-order valence-electron chi connectivity index (χ3n) is 3.80. The second kappa shape index (κ2) is 6.58. The Bertz CT molecular complexity index is 194. The molecule has 0 aromatic rings. The van der Waals surface area contributed by atoms with Gasteiger partial charge in [0.2, 0.25) is 0 Å². The van der Waals surface area contributed by atoms with Crippen LogP contribution in [0.4, 0.5) is 0 Å². The van der Waals surface area contributed by atoms with Crippen molar-refractivity contribution in [2.24, 2.45) is 0 Å². The molecule has 0 aromatic heterocycles. The normalized spacial score (nSPS) is 27.4. The molecule has 1 saturated heterocycles. The molecule has 1 aliphatic rings. The van der Waals surface area contributed by atoms with E-state index < -0.39 is 5.60 Å². The molecular weight excluding hydrogens is 200 g/mol. The molecule has 0 amide bonds. The maximum atomic E-state index is 9.95. The summed E-state index contributed by atoms with van der Waals surface area (Å²) in [4.78, 5) is 2.51. The number of nitrogens with zero attached hydrogens (tertiary/aromatic N) is 1. The highest BCUT2D eigenvalue weighted by Gasteiger charge is 2.21. The van der Waals surface area contributed by atoms with Crippen LogP contribution < -0.4 is 5.32 Å². The number of nitrogens with one attached hydrogen (secondary N) is 1. The van der Waals surface area contributed by atoms with Gasteiger partial charge in [-0.15, -0.1) is 0 Å². The van der Waals surface area contributed by atoms with Gasteiger partial charge in [-0.3, -0.25) is 0 Å². The quantitative estimate of drug-likeness (QED) is 0.750. The summed E-state index contributed by atoms with van der Waals surface area (Å²) in [5.41, 5.74) is -0.545. The highest BCUT2D eigenvalue weighted by atomic mass is 16.3. The van der Waals surface area contributed by atoms with Crippen LogP contribution in [0.25, 0.3) is 0 Å². The van der Waals surface area contributed by atoms with E-state index in [1.807, 2.05) is 13.8 Å². The van der Waals surface area contributed by atoms with Crippen LogP contribution in [0.2, 0.25) is 0 Å². The molecule has 1 heterocycles. The summed E-state index contributed by atoms with van der Waals surface area (Å²) in [5.74, 6) is 0. The third kappa shape index (κ3) is 4.81. The Labute approximate surface area is 100 Å². The van der Waals surface area contributed by atoms with Gasteiger partial charge in [0, 0.05) is 12.6 Å². The summed E-state index contributed by atoms with van der Waals surface area (Å²) in [7, 11) is 0. The fourth-order valence-corrected chi connectivity index (χ4v) is 2.17. The molecule has 0 aliphatic carbocycles. The van der Waals surface area contributed by atoms with E-state index in [-0.39, 0.29) is 0 Å². The number of likely N-dealkylation sites (tertiary alicyclic amines) is 1. The van der Waals surface area contributed by atoms with E-state index in [1.54, 1.807) is 0 Å². The Kier molecular flexibility index (Phi) is 5.73. The van der Waals surface area contributed by atoms with Gasteiger partial charge in [-0.2, -0.15) is 0 Å². The Morgan fingerprint density at radius 1 is 1.31 bits per heavy atom. The second-order valence-corrected chi connectivity index (χ2v) is 5.29. The lowest BCUT2D eigenvalue weighted by Crippen LogP contribution is -2.42. The van der Waals surface area contributed by atoms with Crippen LogP contribution in [-0.2, 0) is 0 Å². The van der Waals surface area contributed by atoms with Crippen LogP contribution in [-0.4, -0.2) is 47.8 Å². The summed E-state index contributed by atoms with van der Waals surface area (Å²) in [6, 6.07) is 0.592. The number of aliphatic hydroxyl groups is 1.